The largest absolute Gasteiger partial charge is 0.465 e. The van der Waals surface area contributed by atoms with Gasteiger partial charge in [-0.1, -0.05) is 30.0 Å². The topological polar surface area (TPSA) is 32.5 Å². The van der Waals surface area contributed by atoms with Crippen LogP contribution < -0.4 is 4.90 Å². The predicted molar refractivity (Wildman–Crippen MR) is 104 cm³/mol. The summed E-state index contributed by atoms with van der Waals surface area (Å²) in [4.78, 5) is 17.0. The van der Waals surface area contributed by atoms with E-state index in [9.17, 15) is 4.79 Å². The molecule has 126 valence electrons. The third kappa shape index (κ3) is 2.85. The number of hydrogen-bond acceptors (Lipinski definition) is 5. The minimum absolute atomic E-state index is 0.0526. The first-order valence-electron chi connectivity index (χ1n) is 8.02. The number of ether oxygens (including phenoxy) is 1. The van der Waals surface area contributed by atoms with Crippen LogP contribution in [0.25, 0.3) is 0 Å². The van der Waals surface area contributed by atoms with Crippen molar-refractivity contribution in [2.24, 2.45) is 0 Å². The summed E-state index contributed by atoms with van der Waals surface area (Å²) in [7, 11) is 2.01. The van der Waals surface area contributed by atoms with Crippen LogP contribution in [0.15, 0.2) is 75.4 Å². The van der Waals surface area contributed by atoms with E-state index in [-0.39, 0.29) is 5.91 Å². The number of nitrogens with zero attached hydrogens (tertiary/aromatic N) is 2. The monoisotopic (exact) mass is 369 g/mol. The van der Waals surface area contributed by atoms with Crippen LogP contribution in [0.5, 0.6) is 0 Å². The van der Waals surface area contributed by atoms with E-state index in [2.05, 4.69) is 17.0 Å². The molecule has 0 unspecified atom stereocenters. The van der Waals surface area contributed by atoms with Crippen molar-refractivity contribution in [3.63, 3.8) is 0 Å². The Balaban J connectivity index is 1.70. The number of carbonyl (C=O) groups excluding carboxylic acids is 1. The first-order chi connectivity index (χ1) is 12.2. The third-order valence-corrected chi connectivity index (χ3v) is 6.57. The fourth-order valence-electron chi connectivity index (χ4n) is 2.83. The number of benzene rings is 1. The molecule has 0 radical (unpaired) electrons. The molecule has 4 rings (SSSR count). The Hall–Kier alpha value is -2.18. The Morgan fingerprint density at radius 3 is 2.80 bits per heavy atom. The van der Waals surface area contributed by atoms with Gasteiger partial charge in [0.1, 0.15) is 10.8 Å². The second kappa shape index (κ2) is 6.61. The van der Waals surface area contributed by atoms with Crippen molar-refractivity contribution >= 4 is 40.2 Å². The Labute approximate surface area is 155 Å². The molecule has 0 fully saturated rings. The van der Waals surface area contributed by atoms with E-state index in [1.165, 1.54) is 16.7 Å². The number of para-hydroxylation sites is 1. The predicted octanol–water partition coefficient (Wildman–Crippen LogP) is 4.09. The quantitative estimate of drug-likeness (QED) is 0.579. The minimum Gasteiger partial charge on any atom is -0.465 e. The highest BCUT2D eigenvalue weighted by Gasteiger charge is 2.41. The molecule has 1 aromatic carbocycles. The summed E-state index contributed by atoms with van der Waals surface area (Å²) in [5, 5.41) is 1.89. The van der Waals surface area contributed by atoms with E-state index in [1.807, 2.05) is 50.4 Å². The van der Waals surface area contributed by atoms with Gasteiger partial charge >= 0.3 is 5.91 Å². The average Bonchev–Trinajstić information content (AvgIpc) is 3.13. The molecule has 3 aliphatic heterocycles. The molecule has 0 atom stereocenters. The molecule has 3 heterocycles. The Morgan fingerprint density at radius 2 is 2.08 bits per heavy atom. The highest BCUT2D eigenvalue weighted by molar-refractivity contribution is 8.19. The average molecular weight is 369 g/mol. The van der Waals surface area contributed by atoms with Crippen LogP contribution in [0.4, 0.5) is 5.69 Å². The van der Waals surface area contributed by atoms with E-state index < -0.39 is 0 Å². The first kappa shape index (κ1) is 16.3. The van der Waals surface area contributed by atoms with E-state index in [0.717, 1.165) is 26.4 Å². The van der Waals surface area contributed by atoms with Crippen LogP contribution in [-0.2, 0) is 9.53 Å². The number of thioether (sulfide) groups is 2. The van der Waals surface area contributed by atoms with Crippen molar-refractivity contribution in [1.29, 1.82) is 0 Å². The highest BCUT2D eigenvalue weighted by atomic mass is 32.2. The van der Waals surface area contributed by atoms with Crippen LogP contribution in [0, 0.1) is 0 Å². The van der Waals surface area contributed by atoms with Crippen molar-refractivity contribution in [2.75, 3.05) is 18.5 Å². The molecule has 0 saturated carbocycles. The molecule has 0 aromatic heterocycles. The maximum Gasteiger partial charge on any atom is 0.430 e. The van der Waals surface area contributed by atoms with Gasteiger partial charge in [0.15, 0.2) is 11.4 Å². The summed E-state index contributed by atoms with van der Waals surface area (Å²) in [6, 6.07) is 8.22. The standard InChI is InChI=1S/C19H17N2O2S2/c1-3-21-16(12-13-8-6-7-11-23-13)25-17(18(21)22)19-20(2)14-9-4-5-10-15(14)24-19/h4-12H,3H2,1-2H3/q+1/b13-12+,19-17+. The van der Waals surface area contributed by atoms with Gasteiger partial charge < -0.3 is 9.64 Å². The number of anilines is 1. The number of fused-ring (bicyclic) bond motifs is 1. The molecule has 0 N–H and O–H groups in total. The van der Waals surface area contributed by atoms with Gasteiger partial charge in [-0.05, 0) is 43.0 Å². The van der Waals surface area contributed by atoms with E-state index in [4.69, 9.17) is 4.74 Å². The van der Waals surface area contributed by atoms with Gasteiger partial charge in [-0.15, -0.1) is 0 Å². The molecule has 0 aliphatic carbocycles. The Morgan fingerprint density at radius 1 is 1.24 bits per heavy atom. The molecule has 3 aliphatic rings. The number of hydrogen-bond donors (Lipinski definition) is 0. The lowest BCUT2D eigenvalue weighted by molar-refractivity contribution is -0.435. The van der Waals surface area contributed by atoms with Crippen molar-refractivity contribution in [2.45, 2.75) is 11.8 Å². The van der Waals surface area contributed by atoms with Crippen LogP contribution in [0.3, 0.4) is 0 Å². The summed E-state index contributed by atoms with van der Waals surface area (Å²) >= 11 is 3.17. The lowest BCUT2D eigenvalue weighted by atomic mass is 10.3. The molecule has 25 heavy (non-hydrogen) atoms. The highest BCUT2D eigenvalue weighted by Crippen LogP contribution is 2.49. The molecular formula is C19H17N2O2S2+. The van der Waals surface area contributed by atoms with E-state index >= 15 is 0 Å². The molecule has 4 nitrogen and oxygen atoms in total. The number of allylic oxidation sites excluding steroid dienone is 3. The van der Waals surface area contributed by atoms with Gasteiger partial charge in [0, 0.05) is 11.9 Å². The SMILES string of the molecule is CC[N+]1=C(/C=C2\C=CC=CO2)S/C(=C2/Sc3ccccc3N2C)C1=O. The van der Waals surface area contributed by atoms with Crippen LogP contribution in [0.1, 0.15) is 6.92 Å². The van der Waals surface area contributed by atoms with Gasteiger partial charge in [-0.25, -0.2) is 4.79 Å². The molecular weight excluding hydrogens is 352 g/mol. The zero-order chi connectivity index (χ0) is 17.4. The van der Waals surface area contributed by atoms with E-state index in [1.54, 1.807) is 22.6 Å². The maximum absolute atomic E-state index is 13.0. The molecule has 1 amide bonds. The summed E-state index contributed by atoms with van der Waals surface area (Å²) in [6.07, 6.45) is 9.21. The lowest BCUT2D eigenvalue weighted by Crippen LogP contribution is -2.21. The van der Waals surface area contributed by atoms with Crippen molar-refractivity contribution < 1.29 is 14.1 Å². The van der Waals surface area contributed by atoms with Gasteiger partial charge in [0.25, 0.3) is 5.04 Å². The summed E-state index contributed by atoms with van der Waals surface area (Å²) in [5.74, 6) is 0.787. The number of likely N-dealkylation sites (N-methyl/N-ethyl adjacent to an activating group) is 1. The van der Waals surface area contributed by atoms with Crippen molar-refractivity contribution in [1.82, 2.24) is 0 Å². The molecule has 0 spiro atoms. The summed E-state index contributed by atoms with van der Waals surface area (Å²) in [5.41, 5.74) is 1.14. The first-order valence-corrected chi connectivity index (χ1v) is 9.65. The van der Waals surface area contributed by atoms with Crippen molar-refractivity contribution in [3.05, 3.63) is 70.5 Å². The fraction of sp³-hybridized carbons (Fsp3) is 0.158. The fourth-order valence-corrected chi connectivity index (χ4v) is 5.28. The lowest BCUT2D eigenvalue weighted by Gasteiger charge is -2.13. The second-order valence-corrected chi connectivity index (χ2v) is 7.67. The molecule has 0 bridgehead atoms. The van der Waals surface area contributed by atoms with Crippen LogP contribution >= 0.6 is 23.5 Å². The van der Waals surface area contributed by atoms with Crippen LogP contribution in [-0.4, -0.2) is 29.1 Å². The maximum atomic E-state index is 13.0. The van der Waals surface area contributed by atoms with Crippen LogP contribution in [0.2, 0.25) is 0 Å². The van der Waals surface area contributed by atoms with Crippen molar-refractivity contribution in [3.8, 4) is 0 Å². The van der Waals surface area contributed by atoms with E-state index in [0.29, 0.717) is 6.54 Å². The third-order valence-electron chi connectivity index (χ3n) is 4.08. The Kier molecular flexibility index (Phi) is 4.31. The smallest absolute Gasteiger partial charge is 0.430 e. The molecule has 1 aromatic rings. The summed E-state index contributed by atoms with van der Waals surface area (Å²) in [6.45, 7) is 2.62. The summed E-state index contributed by atoms with van der Waals surface area (Å²) < 4.78 is 7.29. The number of carbonyl (C=O) groups is 1. The second-order valence-electron chi connectivity index (χ2n) is 5.60. The van der Waals surface area contributed by atoms with Gasteiger partial charge in [-0.3, -0.25) is 0 Å². The zero-order valence-corrected chi connectivity index (χ0v) is 15.6. The zero-order valence-electron chi connectivity index (χ0n) is 13.9. The number of rotatable bonds is 2. The number of amides is 1. The molecule has 0 saturated heterocycles. The van der Waals surface area contributed by atoms with Gasteiger partial charge in [0.05, 0.1) is 18.0 Å². The normalized spacial score (nSPS) is 23.7. The molecule has 6 heteroatoms. The Bertz CT molecular complexity index is 910. The van der Waals surface area contributed by atoms with Gasteiger partial charge in [0.2, 0.25) is 0 Å². The van der Waals surface area contributed by atoms with Gasteiger partial charge in [-0.2, -0.15) is 4.58 Å². The minimum atomic E-state index is 0.0526.